The number of anilines is 1. The van der Waals surface area contributed by atoms with E-state index in [1.165, 1.54) is 12.1 Å². The summed E-state index contributed by atoms with van der Waals surface area (Å²) in [5.41, 5.74) is -0.496. The molecule has 0 fully saturated rings. The van der Waals surface area contributed by atoms with Crippen molar-refractivity contribution in [3.8, 4) is 0 Å². The van der Waals surface area contributed by atoms with E-state index in [1.54, 1.807) is 6.92 Å². The van der Waals surface area contributed by atoms with Crippen molar-refractivity contribution in [3.05, 3.63) is 29.8 Å². The molecule has 112 valence electrons. The maximum Gasteiger partial charge on any atom is 0.416 e. The average molecular weight is 289 g/mol. The number of benzene rings is 1. The molecule has 0 aromatic heterocycles. The van der Waals surface area contributed by atoms with Gasteiger partial charge in [0.15, 0.2) is 0 Å². The Kier molecular flexibility index (Phi) is 5.42. The van der Waals surface area contributed by atoms with Crippen molar-refractivity contribution >= 4 is 11.8 Å². The Balaban J connectivity index is 2.54. The van der Waals surface area contributed by atoms with E-state index in [-0.39, 0.29) is 11.8 Å². The highest BCUT2D eigenvalue weighted by Gasteiger charge is 2.30. The first-order valence-electron chi connectivity index (χ1n) is 6.33. The molecule has 0 radical (unpaired) electrons. The van der Waals surface area contributed by atoms with Crippen molar-refractivity contribution in [2.24, 2.45) is 5.92 Å². The second kappa shape index (κ2) is 6.63. The lowest BCUT2D eigenvalue weighted by Crippen LogP contribution is -2.21. The highest BCUT2D eigenvalue weighted by Crippen LogP contribution is 2.29. The lowest BCUT2D eigenvalue weighted by Gasteiger charge is -2.15. The van der Waals surface area contributed by atoms with Gasteiger partial charge in [0.2, 0.25) is 0 Å². The molecular weight excluding hydrogens is 271 g/mol. The largest absolute Gasteiger partial charge is 0.446 e. The van der Waals surface area contributed by atoms with Gasteiger partial charge in [-0.15, -0.1) is 0 Å². The van der Waals surface area contributed by atoms with Crippen LogP contribution in [-0.4, -0.2) is 12.2 Å². The molecule has 6 heteroatoms. The molecule has 1 unspecified atom stereocenters. The zero-order chi connectivity index (χ0) is 15.3. The quantitative estimate of drug-likeness (QED) is 0.873. The van der Waals surface area contributed by atoms with Gasteiger partial charge >= 0.3 is 12.3 Å². The van der Waals surface area contributed by atoms with Crippen molar-refractivity contribution in [2.45, 2.75) is 39.5 Å². The molecule has 0 spiro atoms. The van der Waals surface area contributed by atoms with Crippen LogP contribution in [0.1, 0.15) is 32.8 Å². The zero-order valence-corrected chi connectivity index (χ0v) is 11.6. The number of carbonyl (C=O) groups is 1. The third kappa shape index (κ3) is 5.50. The lowest BCUT2D eigenvalue weighted by molar-refractivity contribution is -0.137. The molecule has 1 rings (SSSR count). The summed E-state index contributed by atoms with van der Waals surface area (Å²) >= 11 is 0. The van der Waals surface area contributed by atoms with E-state index in [0.717, 1.165) is 18.6 Å². The number of alkyl halides is 3. The summed E-state index contributed by atoms with van der Waals surface area (Å²) in [6.45, 7) is 5.79. The van der Waals surface area contributed by atoms with Gasteiger partial charge in [0.1, 0.15) is 6.10 Å². The summed E-state index contributed by atoms with van der Waals surface area (Å²) in [6.07, 6.45) is -4.58. The Morgan fingerprint density at radius 3 is 2.20 bits per heavy atom. The Hall–Kier alpha value is -1.72. The Labute approximate surface area is 116 Å². The molecule has 0 aliphatic heterocycles. The number of carbonyl (C=O) groups excluding carboxylic acids is 1. The predicted molar refractivity (Wildman–Crippen MR) is 70.5 cm³/mol. The fourth-order valence-corrected chi connectivity index (χ4v) is 1.78. The third-order valence-electron chi connectivity index (χ3n) is 2.57. The van der Waals surface area contributed by atoms with Gasteiger partial charge in [-0.2, -0.15) is 13.2 Å². The van der Waals surface area contributed by atoms with E-state index < -0.39 is 17.8 Å². The molecule has 3 nitrogen and oxygen atoms in total. The highest BCUT2D eigenvalue weighted by atomic mass is 19.4. The van der Waals surface area contributed by atoms with E-state index in [4.69, 9.17) is 4.74 Å². The normalized spacial score (nSPS) is 13.2. The minimum Gasteiger partial charge on any atom is -0.446 e. The lowest BCUT2D eigenvalue weighted by atomic mass is 10.1. The number of hydrogen-bond donors (Lipinski definition) is 1. The fourth-order valence-electron chi connectivity index (χ4n) is 1.78. The second-order valence-corrected chi connectivity index (χ2v) is 5.05. The van der Waals surface area contributed by atoms with E-state index in [0.29, 0.717) is 5.92 Å². The third-order valence-corrected chi connectivity index (χ3v) is 2.57. The second-order valence-electron chi connectivity index (χ2n) is 5.05. The molecule has 1 atom stereocenters. The monoisotopic (exact) mass is 289 g/mol. The van der Waals surface area contributed by atoms with Gasteiger partial charge in [0.05, 0.1) is 5.56 Å². The molecule has 1 N–H and O–H groups in total. The zero-order valence-electron chi connectivity index (χ0n) is 11.6. The first kappa shape index (κ1) is 16.3. The van der Waals surface area contributed by atoms with Gasteiger partial charge in [0, 0.05) is 5.69 Å². The van der Waals surface area contributed by atoms with Crippen LogP contribution >= 0.6 is 0 Å². The highest BCUT2D eigenvalue weighted by molar-refractivity contribution is 5.84. The van der Waals surface area contributed by atoms with Gasteiger partial charge in [-0.25, -0.2) is 4.79 Å². The molecule has 1 amide bonds. The molecule has 1 aromatic rings. The summed E-state index contributed by atoms with van der Waals surface area (Å²) < 4.78 is 42.2. The van der Waals surface area contributed by atoms with Crippen molar-refractivity contribution in [1.82, 2.24) is 0 Å². The van der Waals surface area contributed by atoms with Gasteiger partial charge in [0.25, 0.3) is 0 Å². The number of amides is 1. The van der Waals surface area contributed by atoms with Gasteiger partial charge in [-0.1, -0.05) is 13.8 Å². The van der Waals surface area contributed by atoms with Crippen molar-refractivity contribution in [2.75, 3.05) is 5.32 Å². The summed E-state index contributed by atoms with van der Waals surface area (Å²) in [6, 6.07) is 4.20. The smallest absolute Gasteiger partial charge is 0.416 e. The van der Waals surface area contributed by atoms with Crippen molar-refractivity contribution < 1.29 is 22.7 Å². The first-order valence-corrected chi connectivity index (χ1v) is 6.33. The summed E-state index contributed by atoms with van der Waals surface area (Å²) in [7, 11) is 0. The number of ether oxygens (including phenoxy) is 1. The van der Waals surface area contributed by atoms with E-state index in [9.17, 15) is 18.0 Å². The van der Waals surface area contributed by atoms with Crippen LogP contribution < -0.4 is 5.32 Å². The molecule has 0 saturated carbocycles. The molecule has 0 heterocycles. The predicted octanol–water partition coefficient (Wildman–Crippen LogP) is 4.69. The fraction of sp³-hybridized carbons (Fsp3) is 0.500. The number of rotatable bonds is 4. The molecule has 0 bridgehead atoms. The Bertz CT molecular complexity index is 441. The van der Waals surface area contributed by atoms with Crippen LogP contribution in [0.5, 0.6) is 0 Å². The summed E-state index contributed by atoms with van der Waals surface area (Å²) in [5, 5.41) is 2.40. The molecule has 0 saturated heterocycles. The minimum atomic E-state index is -4.38. The van der Waals surface area contributed by atoms with Crippen LogP contribution in [0.3, 0.4) is 0 Å². The maximum absolute atomic E-state index is 12.4. The first-order chi connectivity index (χ1) is 9.18. The Morgan fingerprint density at radius 1 is 1.20 bits per heavy atom. The van der Waals surface area contributed by atoms with E-state index in [2.05, 4.69) is 5.32 Å². The molecule has 20 heavy (non-hydrogen) atoms. The van der Waals surface area contributed by atoms with E-state index >= 15 is 0 Å². The molecule has 0 aliphatic rings. The summed E-state index contributed by atoms with van der Waals surface area (Å²) in [5.74, 6) is 0.392. The number of hydrogen-bond acceptors (Lipinski definition) is 2. The average Bonchev–Trinajstić information content (AvgIpc) is 2.26. The summed E-state index contributed by atoms with van der Waals surface area (Å²) in [4.78, 5) is 11.5. The maximum atomic E-state index is 12.4. The molecule has 0 aliphatic carbocycles. The number of halogens is 3. The van der Waals surface area contributed by atoms with Crippen LogP contribution in [0, 0.1) is 5.92 Å². The van der Waals surface area contributed by atoms with Crippen LogP contribution in [-0.2, 0) is 10.9 Å². The van der Waals surface area contributed by atoms with Gasteiger partial charge in [-0.3, -0.25) is 5.32 Å². The van der Waals surface area contributed by atoms with Crippen LogP contribution in [0.15, 0.2) is 24.3 Å². The van der Waals surface area contributed by atoms with Gasteiger partial charge in [-0.05, 0) is 43.5 Å². The van der Waals surface area contributed by atoms with Crippen molar-refractivity contribution in [1.29, 1.82) is 0 Å². The van der Waals surface area contributed by atoms with Crippen LogP contribution in [0.4, 0.5) is 23.7 Å². The van der Waals surface area contributed by atoms with E-state index in [1.807, 2.05) is 13.8 Å². The van der Waals surface area contributed by atoms with Crippen molar-refractivity contribution in [3.63, 3.8) is 0 Å². The topological polar surface area (TPSA) is 38.3 Å². The van der Waals surface area contributed by atoms with Crippen LogP contribution in [0.25, 0.3) is 0 Å². The van der Waals surface area contributed by atoms with Gasteiger partial charge < -0.3 is 4.74 Å². The standard InChI is InChI=1S/C14H18F3NO2/c1-9(2)8-10(3)20-13(19)18-12-6-4-11(5-7-12)14(15,16)17/h4-7,9-10H,8H2,1-3H3,(H,18,19). The molecular formula is C14H18F3NO2. The SMILES string of the molecule is CC(C)CC(C)OC(=O)Nc1ccc(C(F)(F)F)cc1. The number of nitrogens with one attached hydrogen (secondary N) is 1. The Morgan fingerprint density at radius 2 is 1.75 bits per heavy atom. The minimum absolute atomic E-state index is 0.246. The van der Waals surface area contributed by atoms with Crippen LogP contribution in [0.2, 0.25) is 0 Å². The molecule has 1 aromatic carbocycles.